The Morgan fingerprint density at radius 2 is 1.95 bits per heavy atom. The van der Waals surface area contributed by atoms with Gasteiger partial charge in [0.25, 0.3) is 0 Å². The SMILES string of the molecule is COCC(C)(CCO)NC(=O)Nc1cc(F)cc(F)c1. The Balaban J connectivity index is 2.70. The van der Waals surface area contributed by atoms with Crippen LogP contribution in [0.5, 0.6) is 0 Å². The van der Waals surface area contributed by atoms with Crippen molar-refractivity contribution in [2.24, 2.45) is 0 Å². The van der Waals surface area contributed by atoms with E-state index in [-0.39, 0.29) is 25.3 Å². The van der Waals surface area contributed by atoms with Gasteiger partial charge in [-0.25, -0.2) is 13.6 Å². The second-order valence-corrected chi connectivity index (χ2v) is 4.70. The first-order chi connectivity index (χ1) is 9.38. The molecule has 0 aliphatic heterocycles. The lowest BCUT2D eigenvalue weighted by atomic mass is 10.00. The Bertz CT molecular complexity index is 443. The molecule has 0 aliphatic rings. The van der Waals surface area contributed by atoms with Gasteiger partial charge in [-0.1, -0.05) is 0 Å². The number of carbonyl (C=O) groups excluding carboxylic acids is 1. The molecule has 5 nitrogen and oxygen atoms in total. The molecule has 2 amide bonds. The van der Waals surface area contributed by atoms with E-state index in [4.69, 9.17) is 9.84 Å². The number of methoxy groups -OCH3 is 1. The number of ether oxygens (including phenoxy) is 1. The summed E-state index contributed by atoms with van der Waals surface area (Å²) < 4.78 is 31.0. The predicted octanol–water partition coefficient (Wildman–Crippen LogP) is 1.87. The van der Waals surface area contributed by atoms with E-state index in [0.29, 0.717) is 6.07 Å². The molecule has 0 bridgehead atoms. The van der Waals surface area contributed by atoms with Crippen LogP contribution in [-0.4, -0.2) is 37.0 Å². The monoisotopic (exact) mass is 288 g/mol. The van der Waals surface area contributed by atoms with Gasteiger partial charge in [0.05, 0.1) is 12.1 Å². The van der Waals surface area contributed by atoms with Crippen LogP contribution in [0.15, 0.2) is 18.2 Å². The third kappa shape index (κ3) is 5.10. The molecule has 0 spiro atoms. The lowest BCUT2D eigenvalue weighted by Gasteiger charge is -2.29. The summed E-state index contributed by atoms with van der Waals surface area (Å²) in [5.41, 5.74) is -0.775. The van der Waals surface area contributed by atoms with Crippen LogP contribution in [0.25, 0.3) is 0 Å². The molecule has 1 aromatic carbocycles. The van der Waals surface area contributed by atoms with Crippen LogP contribution < -0.4 is 10.6 Å². The Morgan fingerprint density at radius 1 is 1.35 bits per heavy atom. The van der Waals surface area contributed by atoms with Gasteiger partial charge in [-0.3, -0.25) is 0 Å². The summed E-state index contributed by atoms with van der Waals surface area (Å²) >= 11 is 0. The van der Waals surface area contributed by atoms with Gasteiger partial charge in [0.15, 0.2) is 0 Å². The number of carbonyl (C=O) groups is 1. The molecule has 0 fully saturated rings. The number of urea groups is 1. The van der Waals surface area contributed by atoms with E-state index >= 15 is 0 Å². The van der Waals surface area contributed by atoms with Gasteiger partial charge < -0.3 is 20.5 Å². The molecule has 1 unspecified atom stereocenters. The first kappa shape index (κ1) is 16.3. The Labute approximate surface area is 115 Å². The van der Waals surface area contributed by atoms with Gasteiger partial charge in [0.2, 0.25) is 0 Å². The molecule has 0 aromatic heterocycles. The van der Waals surface area contributed by atoms with Crippen molar-refractivity contribution in [2.45, 2.75) is 18.9 Å². The number of hydrogen-bond acceptors (Lipinski definition) is 3. The van der Waals surface area contributed by atoms with E-state index in [0.717, 1.165) is 12.1 Å². The highest BCUT2D eigenvalue weighted by Crippen LogP contribution is 2.14. The normalized spacial score (nSPS) is 13.7. The minimum Gasteiger partial charge on any atom is -0.396 e. The predicted molar refractivity (Wildman–Crippen MR) is 70.5 cm³/mol. The molecule has 0 aliphatic carbocycles. The summed E-state index contributed by atoms with van der Waals surface area (Å²) in [7, 11) is 1.47. The number of amides is 2. The number of nitrogens with one attached hydrogen (secondary N) is 2. The molecule has 0 saturated heterocycles. The van der Waals surface area contributed by atoms with Crippen LogP contribution in [0.2, 0.25) is 0 Å². The number of hydrogen-bond donors (Lipinski definition) is 3. The van der Waals surface area contributed by atoms with Crippen molar-refractivity contribution in [3.8, 4) is 0 Å². The number of aliphatic hydroxyl groups excluding tert-OH is 1. The van der Waals surface area contributed by atoms with E-state index in [1.807, 2.05) is 0 Å². The van der Waals surface area contributed by atoms with Gasteiger partial charge in [0, 0.05) is 25.5 Å². The molecule has 0 saturated carbocycles. The maximum absolute atomic E-state index is 13.0. The third-order valence-electron chi connectivity index (χ3n) is 2.66. The average molecular weight is 288 g/mol. The molecule has 20 heavy (non-hydrogen) atoms. The molecule has 0 radical (unpaired) electrons. The van der Waals surface area contributed by atoms with Gasteiger partial charge in [-0.05, 0) is 25.5 Å². The van der Waals surface area contributed by atoms with E-state index in [2.05, 4.69) is 10.6 Å². The summed E-state index contributed by atoms with van der Waals surface area (Å²) in [6.45, 7) is 1.76. The van der Waals surface area contributed by atoms with Crippen LogP contribution >= 0.6 is 0 Å². The molecule has 7 heteroatoms. The average Bonchev–Trinajstić information content (AvgIpc) is 2.26. The molecular formula is C13H18F2N2O3. The quantitative estimate of drug-likeness (QED) is 0.748. The topological polar surface area (TPSA) is 70.6 Å². The standard InChI is InChI=1S/C13H18F2N2O3/c1-13(3-4-18,8-20-2)17-12(19)16-11-6-9(14)5-10(15)7-11/h5-7,18H,3-4,8H2,1-2H3,(H2,16,17,19). The summed E-state index contributed by atoms with van der Waals surface area (Å²) in [6, 6.07) is 2.08. The number of rotatable bonds is 6. The lowest BCUT2D eigenvalue weighted by Crippen LogP contribution is -2.51. The van der Waals surface area contributed by atoms with Crippen molar-refractivity contribution in [1.29, 1.82) is 0 Å². The number of anilines is 1. The number of benzene rings is 1. The lowest BCUT2D eigenvalue weighted by molar-refractivity contribution is 0.104. The highest BCUT2D eigenvalue weighted by molar-refractivity contribution is 5.89. The van der Waals surface area contributed by atoms with Gasteiger partial charge >= 0.3 is 6.03 Å². The molecule has 1 atom stereocenters. The zero-order valence-electron chi connectivity index (χ0n) is 11.4. The minimum atomic E-state index is -0.782. The van der Waals surface area contributed by atoms with Crippen LogP contribution in [0.1, 0.15) is 13.3 Å². The fourth-order valence-electron chi connectivity index (χ4n) is 1.80. The van der Waals surface area contributed by atoms with Gasteiger partial charge in [-0.15, -0.1) is 0 Å². The van der Waals surface area contributed by atoms with Crippen molar-refractivity contribution in [1.82, 2.24) is 5.32 Å². The van der Waals surface area contributed by atoms with Crippen LogP contribution in [0.3, 0.4) is 0 Å². The summed E-state index contributed by atoms with van der Waals surface area (Å²) in [5, 5.41) is 13.9. The smallest absolute Gasteiger partial charge is 0.319 e. The zero-order chi connectivity index (χ0) is 15.2. The first-order valence-corrected chi connectivity index (χ1v) is 6.03. The van der Waals surface area contributed by atoms with Crippen LogP contribution in [0, 0.1) is 11.6 Å². The highest BCUT2D eigenvalue weighted by atomic mass is 19.1. The fourth-order valence-corrected chi connectivity index (χ4v) is 1.80. The Hall–Kier alpha value is -1.73. The second kappa shape index (κ2) is 7.16. The molecule has 3 N–H and O–H groups in total. The second-order valence-electron chi connectivity index (χ2n) is 4.70. The summed E-state index contributed by atoms with van der Waals surface area (Å²) in [5.74, 6) is -1.56. The maximum atomic E-state index is 13.0. The van der Waals surface area contributed by atoms with Crippen LogP contribution in [0.4, 0.5) is 19.3 Å². The maximum Gasteiger partial charge on any atom is 0.319 e. The third-order valence-corrected chi connectivity index (χ3v) is 2.66. The molecule has 0 heterocycles. The molecule has 1 aromatic rings. The fraction of sp³-hybridized carbons (Fsp3) is 0.462. The largest absolute Gasteiger partial charge is 0.396 e. The van der Waals surface area contributed by atoms with Crippen molar-refractivity contribution < 1.29 is 23.4 Å². The highest BCUT2D eigenvalue weighted by Gasteiger charge is 2.26. The van der Waals surface area contributed by atoms with Gasteiger partial charge in [-0.2, -0.15) is 0 Å². The van der Waals surface area contributed by atoms with Crippen molar-refractivity contribution in [3.63, 3.8) is 0 Å². The summed E-state index contributed by atoms with van der Waals surface area (Å²) in [6.07, 6.45) is 0.284. The minimum absolute atomic E-state index is 0.00349. The van der Waals surface area contributed by atoms with E-state index < -0.39 is 23.2 Å². The number of halogens is 2. The van der Waals surface area contributed by atoms with Gasteiger partial charge in [0.1, 0.15) is 11.6 Å². The molecular weight excluding hydrogens is 270 g/mol. The Morgan fingerprint density at radius 3 is 2.45 bits per heavy atom. The zero-order valence-corrected chi connectivity index (χ0v) is 11.4. The van der Waals surface area contributed by atoms with Crippen molar-refractivity contribution >= 4 is 11.7 Å². The van der Waals surface area contributed by atoms with E-state index in [1.165, 1.54) is 7.11 Å². The van der Waals surface area contributed by atoms with E-state index in [9.17, 15) is 13.6 Å². The van der Waals surface area contributed by atoms with Crippen LogP contribution in [-0.2, 0) is 4.74 Å². The van der Waals surface area contributed by atoms with E-state index in [1.54, 1.807) is 6.92 Å². The Kier molecular flexibility index (Phi) is 5.84. The first-order valence-electron chi connectivity index (χ1n) is 6.03. The van der Waals surface area contributed by atoms with Crippen molar-refractivity contribution in [2.75, 3.05) is 25.6 Å². The summed E-state index contributed by atoms with van der Waals surface area (Å²) in [4.78, 5) is 11.8. The molecule has 112 valence electrons. The van der Waals surface area contributed by atoms with Crippen molar-refractivity contribution in [3.05, 3.63) is 29.8 Å². The molecule has 1 rings (SSSR count). The number of aliphatic hydroxyl groups is 1.